The number of piperidine rings is 1. The second-order valence-electron chi connectivity index (χ2n) is 5.34. The Balaban J connectivity index is 1.59. The Morgan fingerprint density at radius 1 is 1.22 bits per heavy atom. The molecule has 0 spiro atoms. The predicted octanol–water partition coefficient (Wildman–Crippen LogP) is 3.88. The van der Waals surface area contributed by atoms with Crippen LogP contribution < -0.4 is 0 Å². The van der Waals surface area contributed by atoms with Gasteiger partial charge in [0.1, 0.15) is 4.60 Å². The summed E-state index contributed by atoms with van der Waals surface area (Å²) in [6, 6.07) is 5.04. The molecule has 0 N–H and O–H groups in total. The molecule has 2 aliphatic rings. The van der Waals surface area contributed by atoms with Crippen LogP contribution in [-0.2, 0) is 0 Å². The Morgan fingerprint density at radius 3 is 2.56 bits per heavy atom. The maximum atomic E-state index is 4.27. The first-order chi connectivity index (χ1) is 8.81. The Hall–Kier alpha value is -0.670. The number of halogens is 1. The van der Waals surface area contributed by atoms with E-state index in [0.717, 1.165) is 10.6 Å². The molecule has 1 saturated carbocycles. The van der Waals surface area contributed by atoms with Gasteiger partial charge in [-0.3, -0.25) is 4.90 Å². The third-order valence-electron chi connectivity index (χ3n) is 4.15. The first kappa shape index (κ1) is 12.4. The van der Waals surface area contributed by atoms with Crippen molar-refractivity contribution in [2.24, 2.45) is 0 Å². The van der Waals surface area contributed by atoms with Crippen molar-refractivity contribution in [3.63, 3.8) is 0 Å². The first-order valence-electron chi connectivity index (χ1n) is 6.86. The van der Waals surface area contributed by atoms with Crippen LogP contribution in [0.4, 0.5) is 0 Å². The summed E-state index contributed by atoms with van der Waals surface area (Å²) in [5.41, 5.74) is 2.81. The smallest absolute Gasteiger partial charge is 0.106 e. The van der Waals surface area contributed by atoms with Crippen molar-refractivity contribution in [1.29, 1.82) is 0 Å². The maximum absolute atomic E-state index is 4.27. The Labute approximate surface area is 117 Å². The summed E-state index contributed by atoms with van der Waals surface area (Å²) in [4.78, 5) is 6.95. The van der Waals surface area contributed by atoms with Gasteiger partial charge in [0.15, 0.2) is 0 Å². The summed E-state index contributed by atoms with van der Waals surface area (Å²) >= 11 is 3.37. The second kappa shape index (κ2) is 5.54. The van der Waals surface area contributed by atoms with E-state index < -0.39 is 0 Å². The largest absolute Gasteiger partial charge is 0.300 e. The van der Waals surface area contributed by atoms with E-state index in [9.17, 15) is 0 Å². The molecule has 0 aromatic carbocycles. The van der Waals surface area contributed by atoms with Gasteiger partial charge in [-0.1, -0.05) is 24.1 Å². The van der Waals surface area contributed by atoms with Crippen LogP contribution in [0.15, 0.2) is 28.5 Å². The van der Waals surface area contributed by atoms with Crippen LogP contribution in [-0.4, -0.2) is 29.0 Å². The van der Waals surface area contributed by atoms with Crippen molar-refractivity contribution < 1.29 is 0 Å². The van der Waals surface area contributed by atoms with Crippen molar-refractivity contribution in [3.05, 3.63) is 34.1 Å². The minimum absolute atomic E-state index is 0.904. The van der Waals surface area contributed by atoms with E-state index in [4.69, 9.17) is 0 Å². The van der Waals surface area contributed by atoms with Gasteiger partial charge >= 0.3 is 0 Å². The molecule has 1 aromatic heterocycles. The standard InChI is InChI=1S/C15H19BrN2/c16-15-5-4-13(11-17-15)10-12-6-8-18(9-7-12)14-2-1-3-14/h4-5,10-11,14H,1-3,6-9H2. The molecule has 0 radical (unpaired) electrons. The molecule has 1 aromatic rings. The zero-order valence-corrected chi connectivity index (χ0v) is 12.2. The summed E-state index contributed by atoms with van der Waals surface area (Å²) in [5.74, 6) is 0. The van der Waals surface area contributed by atoms with E-state index in [2.05, 4.69) is 38.0 Å². The van der Waals surface area contributed by atoms with Crippen LogP contribution in [0.25, 0.3) is 6.08 Å². The van der Waals surface area contributed by atoms with Crippen LogP contribution in [0.1, 0.15) is 37.7 Å². The average Bonchev–Trinajstić information content (AvgIpc) is 2.32. The van der Waals surface area contributed by atoms with Crippen LogP contribution >= 0.6 is 15.9 Å². The highest BCUT2D eigenvalue weighted by molar-refractivity contribution is 9.10. The van der Waals surface area contributed by atoms with Crippen molar-refractivity contribution in [3.8, 4) is 0 Å². The van der Waals surface area contributed by atoms with Gasteiger partial charge in [0.2, 0.25) is 0 Å². The van der Waals surface area contributed by atoms with E-state index in [-0.39, 0.29) is 0 Å². The van der Waals surface area contributed by atoms with Crippen LogP contribution in [0.5, 0.6) is 0 Å². The monoisotopic (exact) mass is 306 g/mol. The lowest BCUT2D eigenvalue weighted by molar-refractivity contribution is 0.118. The fourth-order valence-electron chi connectivity index (χ4n) is 2.78. The van der Waals surface area contributed by atoms with Gasteiger partial charge in [0.25, 0.3) is 0 Å². The Bertz CT molecular complexity index is 424. The molecule has 18 heavy (non-hydrogen) atoms. The van der Waals surface area contributed by atoms with Gasteiger partial charge in [-0.15, -0.1) is 0 Å². The summed E-state index contributed by atoms with van der Waals surface area (Å²) < 4.78 is 0.907. The van der Waals surface area contributed by atoms with Crippen molar-refractivity contribution in [1.82, 2.24) is 9.88 Å². The number of rotatable bonds is 2. The van der Waals surface area contributed by atoms with Gasteiger partial charge < -0.3 is 0 Å². The lowest BCUT2D eigenvalue weighted by Crippen LogP contribution is -2.43. The minimum Gasteiger partial charge on any atom is -0.300 e. The van der Waals surface area contributed by atoms with E-state index in [1.54, 1.807) is 5.57 Å². The second-order valence-corrected chi connectivity index (χ2v) is 6.15. The first-order valence-corrected chi connectivity index (χ1v) is 7.65. The molecule has 1 aliphatic carbocycles. The number of aromatic nitrogens is 1. The molecule has 0 bridgehead atoms. The molecule has 2 fully saturated rings. The van der Waals surface area contributed by atoms with Crippen LogP contribution in [0.2, 0.25) is 0 Å². The van der Waals surface area contributed by atoms with Gasteiger partial charge in [-0.05, 0) is 53.2 Å². The van der Waals surface area contributed by atoms with E-state index in [0.29, 0.717) is 0 Å². The van der Waals surface area contributed by atoms with Gasteiger partial charge in [0.05, 0.1) is 0 Å². The number of likely N-dealkylation sites (tertiary alicyclic amines) is 1. The molecule has 1 aliphatic heterocycles. The third-order valence-corrected chi connectivity index (χ3v) is 4.62. The summed E-state index contributed by atoms with van der Waals surface area (Å²) in [5, 5.41) is 0. The molecular formula is C15H19BrN2. The summed E-state index contributed by atoms with van der Waals surface area (Å²) in [6.45, 7) is 2.50. The molecular weight excluding hydrogens is 288 g/mol. The fourth-order valence-corrected chi connectivity index (χ4v) is 3.02. The minimum atomic E-state index is 0.904. The van der Waals surface area contributed by atoms with Crippen LogP contribution in [0.3, 0.4) is 0 Å². The van der Waals surface area contributed by atoms with Crippen molar-refractivity contribution in [2.45, 2.75) is 38.1 Å². The van der Waals surface area contributed by atoms with E-state index in [1.165, 1.54) is 50.8 Å². The summed E-state index contributed by atoms with van der Waals surface area (Å²) in [6.07, 6.45) is 11.0. The fraction of sp³-hybridized carbons (Fsp3) is 0.533. The predicted molar refractivity (Wildman–Crippen MR) is 78.4 cm³/mol. The highest BCUT2D eigenvalue weighted by atomic mass is 79.9. The van der Waals surface area contributed by atoms with Gasteiger partial charge in [-0.25, -0.2) is 4.98 Å². The quantitative estimate of drug-likeness (QED) is 0.771. The topological polar surface area (TPSA) is 16.1 Å². The van der Waals surface area contributed by atoms with Crippen LogP contribution in [0, 0.1) is 0 Å². The Morgan fingerprint density at radius 2 is 2.00 bits per heavy atom. The molecule has 96 valence electrons. The SMILES string of the molecule is Brc1ccc(C=C2CCN(C3CCC3)CC2)cn1. The number of hydrogen-bond acceptors (Lipinski definition) is 2. The number of hydrogen-bond donors (Lipinski definition) is 0. The third kappa shape index (κ3) is 2.83. The summed E-state index contributed by atoms with van der Waals surface area (Å²) in [7, 11) is 0. The Kier molecular flexibility index (Phi) is 3.80. The highest BCUT2D eigenvalue weighted by Crippen LogP contribution is 2.29. The molecule has 2 heterocycles. The highest BCUT2D eigenvalue weighted by Gasteiger charge is 2.26. The van der Waals surface area contributed by atoms with E-state index >= 15 is 0 Å². The zero-order valence-electron chi connectivity index (χ0n) is 10.6. The van der Waals surface area contributed by atoms with Gasteiger partial charge in [0, 0.05) is 25.3 Å². The zero-order chi connectivity index (χ0) is 12.4. The molecule has 0 unspecified atom stereocenters. The number of nitrogens with zero attached hydrogens (tertiary/aromatic N) is 2. The molecule has 0 amide bonds. The molecule has 3 heteroatoms. The molecule has 1 saturated heterocycles. The lowest BCUT2D eigenvalue weighted by atomic mass is 9.89. The maximum Gasteiger partial charge on any atom is 0.106 e. The van der Waals surface area contributed by atoms with Crippen molar-refractivity contribution >= 4 is 22.0 Å². The average molecular weight is 307 g/mol. The lowest BCUT2D eigenvalue weighted by Gasteiger charge is -2.40. The van der Waals surface area contributed by atoms with Crippen molar-refractivity contribution in [2.75, 3.05) is 13.1 Å². The van der Waals surface area contributed by atoms with E-state index in [1.807, 2.05) is 12.3 Å². The molecule has 2 nitrogen and oxygen atoms in total. The van der Waals surface area contributed by atoms with Gasteiger partial charge in [-0.2, -0.15) is 0 Å². The molecule has 0 atom stereocenters. The number of pyridine rings is 1. The normalized spacial score (nSPS) is 21.7. The molecule has 3 rings (SSSR count).